The van der Waals surface area contributed by atoms with Crippen LogP contribution in [0.25, 0.3) is 0 Å². The van der Waals surface area contributed by atoms with Gasteiger partial charge in [-0.05, 0) is 29.7 Å². The average Bonchev–Trinajstić information content (AvgIpc) is 2.46. The molecule has 0 saturated carbocycles. The van der Waals surface area contributed by atoms with Gasteiger partial charge in [0.25, 0.3) is 0 Å². The number of amides is 1. The summed E-state index contributed by atoms with van der Waals surface area (Å²) >= 11 is 0. The second-order valence-corrected chi connectivity index (χ2v) is 7.54. The smallest absolute Gasteiger partial charge is 0.222 e. The van der Waals surface area contributed by atoms with Crippen LogP contribution in [-0.4, -0.2) is 41.9 Å². The summed E-state index contributed by atoms with van der Waals surface area (Å²) in [5.41, 5.74) is 1.40. The summed E-state index contributed by atoms with van der Waals surface area (Å²) in [6.45, 7) is 9.51. The zero-order chi connectivity index (χ0) is 15.5. The van der Waals surface area contributed by atoms with Crippen molar-refractivity contribution in [2.45, 2.75) is 33.2 Å². The van der Waals surface area contributed by atoms with Crippen molar-refractivity contribution in [1.82, 2.24) is 9.80 Å². The summed E-state index contributed by atoms with van der Waals surface area (Å²) in [6, 6.07) is 10.7. The maximum Gasteiger partial charge on any atom is 0.222 e. The van der Waals surface area contributed by atoms with Crippen LogP contribution in [0, 0.1) is 17.8 Å². The standard InChI is InChI=1S/C19H28N2O/c1-15(2)8-19(22)21-13-17-9-18(14-21)12-20(11-17)10-16-6-4-3-5-7-16/h3-7,15,17-18H,8-14H2,1-2H3. The van der Waals surface area contributed by atoms with Crippen LogP contribution >= 0.6 is 0 Å². The fraction of sp³-hybridized carbons (Fsp3) is 0.632. The van der Waals surface area contributed by atoms with Crippen LogP contribution < -0.4 is 0 Å². The third kappa shape index (κ3) is 3.89. The van der Waals surface area contributed by atoms with E-state index in [4.69, 9.17) is 0 Å². The second kappa shape index (κ2) is 6.82. The summed E-state index contributed by atoms with van der Waals surface area (Å²) in [5.74, 6) is 2.14. The van der Waals surface area contributed by atoms with Gasteiger partial charge in [-0.1, -0.05) is 44.2 Å². The lowest BCUT2D eigenvalue weighted by Crippen LogP contribution is -2.53. The number of nitrogens with zero attached hydrogens (tertiary/aromatic N) is 2. The maximum atomic E-state index is 12.3. The maximum absolute atomic E-state index is 12.3. The van der Waals surface area contributed by atoms with Crippen molar-refractivity contribution >= 4 is 5.91 Å². The molecule has 0 spiro atoms. The molecule has 2 saturated heterocycles. The Hall–Kier alpha value is -1.35. The van der Waals surface area contributed by atoms with Crippen molar-refractivity contribution in [2.24, 2.45) is 17.8 Å². The number of piperidine rings is 2. The van der Waals surface area contributed by atoms with Gasteiger partial charge in [0.2, 0.25) is 5.91 Å². The molecule has 0 aliphatic carbocycles. The molecule has 3 heteroatoms. The van der Waals surface area contributed by atoms with Gasteiger partial charge in [0.15, 0.2) is 0 Å². The van der Waals surface area contributed by atoms with Crippen molar-refractivity contribution < 1.29 is 4.79 Å². The summed E-state index contributed by atoms with van der Waals surface area (Å²) < 4.78 is 0. The molecule has 2 aliphatic heterocycles. The van der Waals surface area contributed by atoms with Gasteiger partial charge in [0.05, 0.1) is 0 Å². The summed E-state index contributed by atoms with van der Waals surface area (Å²) in [4.78, 5) is 17.0. The number of rotatable bonds is 4. The number of hydrogen-bond acceptors (Lipinski definition) is 2. The SMILES string of the molecule is CC(C)CC(=O)N1CC2CC(CN(Cc3ccccc3)C2)C1. The summed E-state index contributed by atoms with van der Waals surface area (Å²) in [7, 11) is 0. The average molecular weight is 300 g/mol. The molecule has 2 unspecified atom stereocenters. The number of benzene rings is 1. The van der Waals surface area contributed by atoms with E-state index in [1.54, 1.807) is 0 Å². The fourth-order valence-electron chi connectivity index (χ4n) is 4.04. The van der Waals surface area contributed by atoms with Crippen LogP contribution in [0.4, 0.5) is 0 Å². The third-order valence-corrected chi connectivity index (χ3v) is 4.84. The van der Waals surface area contributed by atoms with Crippen LogP contribution in [0.5, 0.6) is 0 Å². The number of hydrogen-bond donors (Lipinski definition) is 0. The van der Waals surface area contributed by atoms with Crippen LogP contribution in [0.1, 0.15) is 32.3 Å². The lowest BCUT2D eigenvalue weighted by molar-refractivity contribution is -0.136. The monoisotopic (exact) mass is 300 g/mol. The van der Waals surface area contributed by atoms with E-state index in [0.29, 0.717) is 30.1 Å². The van der Waals surface area contributed by atoms with Crippen LogP contribution in [0.15, 0.2) is 30.3 Å². The van der Waals surface area contributed by atoms with Gasteiger partial charge >= 0.3 is 0 Å². The van der Waals surface area contributed by atoms with E-state index in [0.717, 1.165) is 32.7 Å². The fourth-order valence-corrected chi connectivity index (χ4v) is 4.04. The quantitative estimate of drug-likeness (QED) is 0.853. The van der Waals surface area contributed by atoms with Gasteiger partial charge in [-0.25, -0.2) is 0 Å². The largest absolute Gasteiger partial charge is 0.342 e. The first kappa shape index (κ1) is 15.5. The molecular weight excluding hydrogens is 272 g/mol. The molecule has 2 aliphatic rings. The minimum atomic E-state index is 0.362. The van der Waals surface area contributed by atoms with Crippen LogP contribution in [-0.2, 0) is 11.3 Å². The minimum Gasteiger partial charge on any atom is -0.342 e. The molecule has 0 radical (unpaired) electrons. The third-order valence-electron chi connectivity index (χ3n) is 4.84. The van der Waals surface area contributed by atoms with Crippen molar-refractivity contribution in [3.05, 3.63) is 35.9 Å². The molecule has 22 heavy (non-hydrogen) atoms. The van der Waals surface area contributed by atoms with Crippen molar-refractivity contribution in [3.8, 4) is 0 Å². The number of fused-ring (bicyclic) bond motifs is 2. The van der Waals surface area contributed by atoms with Gasteiger partial charge in [-0.3, -0.25) is 9.69 Å². The van der Waals surface area contributed by atoms with E-state index >= 15 is 0 Å². The first-order valence-electron chi connectivity index (χ1n) is 8.64. The van der Waals surface area contributed by atoms with Gasteiger partial charge in [-0.15, -0.1) is 0 Å². The lowest BCUT2D eigenvalue weighted by Gasteiger charge is -2.46. The van der Waals surface area contributed by atoms with Crippen molar-refractivity contribution in [3.63, 3.8) is 0 Å². The van der Waals surface area contributed by atoms with Gasteiger partial charge < -0.3 is 4.90 Å². The molecule has 2 fully saturated rings. The highest BCUT2D eigenvalue weighted by Crippen LogP contribution is 2.30. The van der Waals surface area contributed by atoms with E-state index in [2.05, 4.69) is 54.0 Å². The Bertz CT molecular complexity index is 485. The normalized spacial score (nSPS) is 25.5. The summed E-state index contributed by atoms with van der Waals surface area (Å²) in [6.07, 6.45) is 2.00. The zero-order valence-corrected chi connectivity index (χ0v) is 13.9. The van der Waals surface area contributed by atoms with Gasteiger partial charge in [-0.2, -0.15) is 0 Å². The predicted molar refractivity (Wildman–Crippen MR) is 89.4 cm³/mol. The minimum absolute atomic E-state index is 0.362. The Kier molecular flexibility index (Phi) is 4.82. The Balaban J connectivity index is 1.56. The zero-order valence-electron chi connectivity index (χ0n) is 13.9. The molecule has 0 N–H and O–H groups in total. The lowest BCUT2D eigenvalue weighted by atomic mass is 9.84. The second-order valence-electron chi connectivity index (χ2n) is 7.54. The Labute approximate surface area is 134 Å². The molecule has 2 heterocycles. The van der Waals surface area contributed by atoms with Crippen molar-refractivity contribution in [2.75, 3.05) is 26.2 Å². The van der Waals surface area contributed by atoms with Crippen molar-refractivity contribution in [1.29, 1.82) is 0 Å². The highest BCUT2D eigenvalue weighted by molar-refractivity contribution is 5.76. The molecule has 1 aromatic carbocycles. The molecule has 3 rings (SSSR count). The van der Waals surface area contributed by atoms with E-state index in [1.807, 2.05) is 0 Å². The molecule has 2 atom stereocenters. The first-order chi connectivity index (χ1) is 10.6. The predicted octanol–water partition coefficient (Wildman–Crippen LogP) is 3.01. The van der Waals surface area contributed by atoms with E-state index in [1.165, 1.54) is 12.0 Å². The molecular formula is C19H28N2O. The van der Waals surface area contributed by atoms with Crippen LogP contribution in [0.3, 0.4) is 0 Å². The van der Waals surface area contributed by atoms with E-state index in [9.17, 15) is 4.79 Å². The van der Waals surface area contributed by atoms with Gasteiger partial charge in [0, 0.05) is 39.1 Å². The number of carbonyl (C=O) groups excluding carboxylic acids is 1. The first-order valence-corrected chi connectivity index (χ1v) is 8.64. The van der Waals surface area contributed by atoms with E-state index in [-0.39, 0.29) is 0 Å². The Morgan fingerprint density at radius 3 is 2.32 bits per heavy atom. The van der Waals surface area contributed by atoms with Crippen LogP contribution in [0.2, 0.25) is 0 Å². The number of carbonyl (C=O) groups is 1. The molecule has 3 nitrogen and oxygen atoms in total. The molecule has 1 aromatic rings. The molecule has 1 amide bonds. The van der Waals surface area contributed by atoms with E-state index < -0.39 is 0 Å². The topological polar surface area (TPSA) is 23.6 Å². The highest BCUT2D eigenvalue weighted by Gasteiger charge is 2.35. The summed E-state index contributed by atoms with van der Waals surface area (Å²) in [5, 5.41) is 0. The molecule has 2 bridgehead atoms. The molecule has 0 aromatic heterocycles. The highest BCUT2D eigenvalue weighted by atomic mass is 16.2. The number of likely N-dealkylation sites (tertiary alicyclic amines) is 2. The van der Waals surface area contributed by atoms with Gasteiger partial charge in [0.1, 0.15) is 0 Å². The Morgan fingerprint density at radius 2 is 1.73 bits per heavy atom. The Morgan fingerprint density at radius 1 is 1.09 bits per heavy atom. The molecule has 120 valence electrons.